The number of likely N-dealkylation sites (tertiary alicyclic amines) is 1. The highest BCUT2D eigenvalue weighted by molar-refractivity contribution is 8.00. The first-order valence-electron chi connectivity index (χ1n) is 21.5. The highest BCUT2D eigenvalue weighted by atomic mass is 32.2. The van der Waals surface area contributed by atoms with Gasteiger partial charge >= 0.3 is 6.03 Å². The van der Waals surface area contributed by atoms with Crippen LogP contribution in [-0.2, 0) is 33.3 Å². The van der Waals surface area contributed by atoms with Gasteiger partial charge in [0.25, 0.3) is 5.91 Å². The number of benzene rings is 1. The van der Waals surface area contributed by atoms with Crippen molar-refractivity contribution in [3.63, 3.8) is 0 Å². The number of urea groups is 1. The highest BCUT2D eigenvalue weighted by Crippen LogP contribution is 2.34. The van der Waals surface area contributed by atoms with Gasteiger partial charge in [0.15, 0.2) is 0 Å². The molecule has 338 valence electrons. The minimum Gasteiger partial charge on any atom is -0.379 e. The number of hydrogen-bond acceptors (Lipinski definition) is 12. The molecule has 0 bridgehead atoms. The van der Waals surface area contributed by atoms with Crippen LogP contribution in [-0.4, -0.2) is 140 Å². The molecule has 6 amide bonds. The second kappa shape index (κ2) is 24.4. The summed E-state index contributed by atoms with van der Waals surface area (Å²) in [6.45, 7) is 10.2. The van der Waals surface area contributed by atoms with Crippen LogP contribution in [0.1, 0.15) is 73.3 Å². The number of unbranched alkanes of at least 4 members (excludes halogenated alkanes) is 1. The maximum absolute atomic E-state index is 13.4. The lowest BCUT2D eigenvalue weighted by Gasteiger charge is -2.27. The van der Waals surface area contributed by atoms with Crippen LogP contribution in [0.15, 0.2) is 42.3 Å². The van der Waals surface area contributed by atoms with E-state index in [0.29, 0.717) is 94.1 Å². The number of thioether (sulfide) groups is 1. The Bertz CT molecular complexity index is 1990. The van der Waals surface area contributed by atoms with Gasteiger partial charge in [-0.1, -0.05) is 25.1 Å². The summed E-state index contributed by atoms with van der Waals surface area (Å²) < 4.78 is 24.5. The van der Waals surface area contributed by atoms with E-state index in [9.17, 15) is 24.0 Å². The number of nitrogens with one attached hydrogen (secondary N) is 5. The number of carbonyl (C=O) groups is 5. The summed E-state index contributed by atoms with van der Waals surface area (Å²) in [4.78, 5) is 69.0. The number of nitrogens with zero attached hydrogens (tertiary/aromatic N) is 3. The molecule has 0 unspecified atom stereocenters. The fourth-order valence-corrected chi connectivity index (χ4v) is 10.2. The van der Waals surface area contributed by atoms with E-state index in [1.165, 1.54) is 17.4 Å². The van der Waals surface area contributed by atoms with Crippen molar-refractivity contribution in [3.05, 3.63) is 53.4 Å². The van der Waals surface area contributed by atoms with Crippen LogP contribution in [0.3, 0.4) is 0 Å². The van der Waals surface area contributed by atoms with Crippen molar-refractivity contribution in [2.75, 3.05) is 88.9 Å². The minimum atomic E-state index is -0.352. The smallest absolute Gasteiger partial charge is 0.315 e. The van der Waals surface area contributed by atoms with Crippen LogP contribution in [0.4, 0.5) is 15.7 Å². The van der Waals surface area contributed by atoms with Gasteiger partial charge in [-0.3, -0.25) is 24.5 Å². The Balaban J connectivity index is 0.803. The zero-order valence-corrected chi connectivity index (χ0v) is 37.1. The van der Waals surface area contributed by atoms with E-state index < -0.39 is 0 Å². The van der Waals surface area contributed by atoms with Gasteiger partial charge in [-0.15, -0.1) is 11.3 Å². The van der Waals surface area contributed by atoms with E-state index in [4.69, 9.17) is 23.9 Å². The molecule has 5 N–H and O–H groups in total. The summed E-state index contributed by atoms with van der Waals surface area (Å²) in [6.07, 6.45) is 7.29. The van der Waals surface area contributed by atoms with Gasteiger partial charge in [0.2, 0.25) is 23.7 Å². The summed E-state index contributed by atoms with van der Waals surface area (Å²) >= 11 is 3.14. The number of fused-ring (bicyclic) bond motifs is 2. The number of amides is 6. The van der Waals surface area contributed by atoms with Crippen molar-refractivity contribution in [2.24, 2.45) is 0 Å². The maximum Gasteiger partial charge on any atom is 0.315 e. The first-order chi connectivity index (χ1) is 30.2. The van der Waals surface area contributed by atoms with E-state index in [1.54, 1.807) is 11.4 Å². The number of aryl methyl sites for hydroxylation is 1. The quantitative estimate of drug-likeness (QED) is 0.0451. The molecule has 4 atom stereocenters. The second-order valence-corrected chi connectivity index (χ2v) is 17.7. The zero-order valence-electron chi connectivity index (χ0n) is 35.5. The molecule has 3 aliphatic heterocycles. The molecule has 2 aromatic heterocycles. The van der Waals surface area contributed by atoms with Crippen molar-refractivity contribution < 1.29 is 42.9 Å². The average molecular weight is 897 g/mol. The third-order valence-corrected chi connectivity index (χ3v) is 13.4. The molecule has 0 spiro atoms. The van der Waals surface area contributed by atoms with Gasteiger partial charge in [-0.25, -0.2) is 9.78 Å². The molecule has 19 heteroatoms. The van der Waals surface area contributed by atoms with Crippen molar-refractivity contribution in [2.45, 2.75) is 81.7 Å². The standard InChI is InChI=1S/C43H60N8O9S2/c1-3-35(52)47-37-25-30(27-62-37)41(55)49-42-45-32-11-8-9-29(2)40(32)51(42)31-10-6-7-16-50(26-31)38(54)14-17-57-19-21-59-23-24-60-22-20-58-18-15-44-36(53)13-5-4-12-34-39-33(28-61-34)46-43(56)48-39/h3,8-9,11,25,27,31,33-34,39H,1,4-7,10,12-24,26,28H2,2H3,(H,44,53)(H,47,52)(H,45,49,55)(H2,46,48,56)/t31-,33+,34+,39+/m1/s1. The maximum atomic E-state index is 13.4. The summed E-state index contributed by atoms with van der Waals surface area (Å²) in [5.74, 6) is 0.698. The van der Waals surface area contributed by atoms with E-state index in [1.807, 2.05) is 41.8 Å². The Morgan fingerprint density at radius 3 is 2.48 bits per heavy atom. The van der Waals surface area contributed by atoms with Gasteiger partial charge in [0.05, 0.1) is 99.0 Å². The first-order valence-corrected chi connectivity index (χ1v) is 23.5. The molecule has 0 radical (unpaired) electrons. The molecule has 1 aromatic carbocycles. The molecule has 3 fully saturated rings. The number of carbonyl (C=O) groups excluding carboxylic acids is 5. The number of hydrogen-bond donors (Lipinski definition) is 5. The van der Waals surface area contributed by atoms with E-state index in [2.05, 4.69) is 37.7 Å². The predicted molar refractivity (Wildman–Crippen MR) is 240 cm³/mol. The molecular formula is C43H60N8O9S2. The Labute approximate surface area is 370 Å². The lowest BCUT2D eigenvalue weighted by molar-refractivity contribution is -0.132. The van der Waals surface area contributed by atoms with Crippen molar-refractivity contribution in [1.82, 2.24) is 30.4 Å². The molecule has 3 aliphatic rings. The Morgan fingerprint density at radius 1 is 0.952 bits per heavy atom. The third kappa shape index (κ3) is 13.7. The number of para-hydroxylation sites is 1. The summed E-state index contributed by atoms with van der Waals surface area (Å²) in [6, 6.07) is 7.75. The van der Waals surface area contributed by atoms with E-state index >= 15 is 0 Å². The summed E-state index contributed by atoms with van der Waals surface area (Å²) in [5.41, 5.74) is 3.09. The van der Waals surface area contributed by atoms with Crippen LogP contribution in [0.25, 0.3) is 11.0 Å². The van der Waals surface area contributed by atoms with Gasteiger partial charge in [-0.05, 0) is 62.8 Å². The summed E-state index contributed by atoms with van der Waals surface area (Å²) in [7, 11) is 0. The SMILES string of the molecule is C=CC(=O)Nc1cc(C(=O)Nc2nc3cccc(C)c3n2[C@@H]2CCCCN(C(=O)CCOCCOCCOCCOCCNC(=O)CCCC[C@@H]3SC[C@@H]4NC(=O)N[C@@H]43)C2)cs1. The molecule has 0 saturated carbocycles. The molecule has 0 aliphatic carbocycles. The van der Waals surface area contributed by atoms with E-state index in [-0.39, 0.29) is 60.8 Å². The number of anilines is 2. The Kier molecular flexibility index (Phi) is 18.4. The van der Waals surface area contributed by atoms with Crippen molar-refractivity contribution >= 4 is 74.7 Å². The van der Waals surface area contributed by atoms with Gasteiger partial charge in [0.1, 0.15) is 0 Å². The van der Waals surface area contributed by atoms with Crippen LogP contribution in [0, 0.1) is 6.92 Å². The molecular weight excluding hydrogens is 837 g/mol. The lowest BCUT2D eigenvalue weighted by atomic mass is 10.0. The molecule has 62 heavy (non-hydrogen) atoms. The number of rotatable bonds is 25. The highest BCUT2D eigenvalue weighted by Gasteiger charge is 2.42. The topological polar surface area (TPSA) is 203 Å². The van der Waals surface area contributed by atoms with Crippen LogP contribution in [0.5, 0.6) is 0 Å². The molecule has 5 heterocycles. The number of imidazole rings is 1. The molecule has 17 nitrogen and oxygen atoms in total. The molecule has 3 aromatic rings. The normalized spacial score (nSPS) is 19.7. The largest absolute Gasteiger partial charge is 0.379 e. The fraction of sp³-hybridized carbons (Fsp3) is 0.581. The van der Waals surface area contributed by atoms with Crippen LogP contribution < -0.4 is 26.6 Å². The van der Waals surface area contributed by atoms with Crippen LogP contribution >= 0.6 is 23.1 Å². The van der Waals surface area contributed by atoms with Gasteiger partial charge < -0.3 is 49.7 Å². The second-order valence-electron chi connectivity index (χ2n) is 15.5. The van der Waals surface area contributed by atoms with Crippen molar-refractivity contribution in [3.8, 4) is 0 Å². The number of thiophene rings is 1. The molecule has 6 rings (SSSR count). The monoisotopic (exact) mass is 896 g/mol. The third-order valence-electron chi connectivity index (χ3n) is 11.0. The lowest BCUT2D eigenvalue weighted by Crippen LogP contribution is -2.36. The minimum absolute atomic E-state index is 0.0122. The van der Waals surface area contributed by atoms with Crippen molar-refractivity contribution in [1.29, 1.82) is 0 Å². The van der Waals surface area contributed by atoms with E-state index in [0.717, 1.165) is 60.9 Å². The average Bonchev–Trinajstić information content (AvgIpc) is 4.02. The first kappa shape index (κ1) is 47.0. The number of aromatic nitrogens is 2. The van der Waals surface area contributed by atoms with Gasteiger partial charge in [0, 0.05) is 42.4 Å². The van der Waals surface area contributed by atoms with Gasteiger partial charge in [-0.2, -0.15) is 11.8 Å². The number of ether oxygens (including phenoxy) is 4. The van der Waals surface area contributed by atoms with Crippen LogP contribution in [0.2, 0.25) is 0 Å². The summed E-state index contributed by atoms with van der Waals surface area (Å²) in [5, 5.41) is 17.2. The Morgan fingerprint density at radius 2 is 1.71 bits per heavy atom. The Hall–Kier alpha value is -4.53. The fourth-order valence-electron chi connectivity index (χ4n) is 7.89. The zero-order chi connectivity index (χ0) is 43.7. The predicted octanol–water partition coefficient (Wildman–Crippen LogP) is 4.64. The molecule has 3 saturated heterocycles.